The van der Waals surface area contributed by atoms with Gasteiger partial charge < -0.3 is 5.73 Å². The number of rotatable bonds is 3. The fourth-order valence-electron chi connectivity index (χ4n) is 2.42. The third-order valence-corrected chi connectivity index (χ3v) is 3.57. The minimum Gasteiger partial charge on any atom is -0.384 e. The Morgan fingerprint density at radius 1 is 1.00 bits per heavy atom. The number of hydrogen-bond acceptors (Lipinski definition) is 2. The number of nitrogen functional groups attached to an aromatic ring is 1. The van der Waals surface area contributed by atoms with E-state index in [4.69, 9.17) is 5.73 Å². The van der Waals surface area contributed by atoms with Crippen LogP contribution in [0.15, 0.2) is 60.8 Å². The fraction of sp³-hybridized carbons (Fsp3) is 0.118. The average Bonchev–Trinajstić information content (AvgIpc) is 2.83. The highest BCUT2D eigenvalue weighted by Gasteiger charge is 2.19. The second-order valence-corrected chi connectivity index (χ2v) is 5.02. The van der Waals surface area contributed by atoms with E-state index in [2.05, 4.69) is 5.10 Å². The number of aromatic nitrogens is 2. The van der Waals surface area contributed by atoms with Crippen LogP contribution in [0.4, 0.5) is 10.2 Å². The second kappa shape index (κ2) is 5.40. The van der Waals surface area contributed by atoms with Crippen molar-refractivity contribution in [1.29, 1.82) is 0 Å². The van der Waals surface area contributed by atoms with Gasteiger partial charge in [-0.3, -0.25) is 0 Å². The van der Waals surface area contributed by atoms with Crippen LogP contribution in [0.3, 0.4) is 0 Å². The standard InChI is InChI=1S/C17H16FN3/c1-12-11-20-21(17(12)19)16(13-5-3-2-4-6-13)14-7-9-15(18)10-8-14/h2-11,16H,19H2,1H3. The lowest BCUT2D eigenvalue weighted by Gasteiger charge is -2.20. The molecular formula is C17H16FN3. The predicted molar refractivity (Wildman–Crippen MR) is 81.5 cm³/mol. The van der Waals surface area contributed by atoms with Crippen LogP contribution < -0.4 is 5.73 Å². The van der Waals surface area contributed by atoms with E-state index in [0.717, 1.165) is 16.7 Å². The van der Waals surface area contributed by atoms with Crippen molar-refractivity contribution in [3.05, 3.63) is 83.3 Å². The first-order valence-electron chi connectivity index (χ1n) is 6.77. The van der Waals surface area contributed by atoms with Crippen LogP contribution in [0.5, 0.6) is 0 Å². The molecule has 2 aromatic carbocycles. The summed E-state index contributed by atoms with van der Waals surface area (Å²) in [7, 11) is 0. The zero-order valence-electron chi connectivity index (χ0n) is 11.7. The molecule has 2 N–H and O–H groups in total. The van der Waals surface area contributed by atoms with E-state index in [9.17, 15) is 4.39 Å². The third kappa shape index (κ3) is 2.52. The highest BCUT2D eigenvalue weighted by atomic mass is 19.1. The Hall–Kier alpha value is -2.62. The molecule has 21 heavy (non-hydrogen) atoms. The van der Waals surface area contributed by atoms with Gasteiger partial charge in [-0.1, -0.05) is 42.5 Å². The van der Waals surface area contributed by atoms with E-state index in [1.165, 1.54) is 12.1 Å². The largest absolute Gasteiger partial charge is 0.384 e. The maximum atomic E-state index is 13.2. The van der Waals surface area contributed by atoms with Crippen LogP contribution >= 0.6 is 0 Å². The van der Waals surface area contributed by atoms with E-state index in [0.29, 0.717) is 5.82 Å². The summed E-state index contributed by atoms with van der Waals surface area (Å²) in [4.78, 5) is 0. The van der Waals surface area contributed by atoms with Gasteiger partial charge in [0.05, 0.1) is 6.20 Å². The van der Waals surface area contributed by atoms with Crippen LogP contribution in [0.25, 0.3) is 0 Å². The molecule has 1 aromatic heterocycles. The Balaban J connectivity index is 2.16. The van der Waals surface area contributed by atoms with Crippen LogP contribution in [0, 0.1) is 12.7 Å². The van der Waals surface area contributed by atoms with Crippen molar-refractivity contribution in [3.8, 4) is 0 Å². The summed E-state index contributed by atoms with van der Waals surface area (Å²) in [5, 5.41) is 4.39. The van der Waals surface area contributed by atoms with Crippen LogP contribution in [-0.2, 0) is 0 Å². The Kier molecular flexibility index (Phi) is 3.44. The Morgan fingerprint density at radius 3 is 2.19 bits per heavy atom. The van der Waals surface area contributed by atoms with Crippen molar-refractivity contribution in [2.45, 2.75) is 13.0 Å². The van der Waals surface area contributed by atoms with Gasteiger partial charge in [-0.2, -0.15) is 5.10 Å². The molecule has 3 aromatic rings. The van der Waals surface area contributed by atoms with Crippen molar-refractivity contribution < 1.29 is 4.39 Å². The smallest absolute Gasteiger partial charge is 0.125 e. The molecule has 0 aliphatic heterocycles. The van der Waals surface area contributed by atoms with Crippen molar-refractivity contribution in [1.82, 2.24) is 9.78 Å². The molecule has 3 nitrogen and oxygen atoms in total. The SMILES string of the molecule is Cc1cnn(C(c2ccccc2)c2ccc(F)cc2)c1N. The second-order valence-electron chi connectivity index (χ2n) is 5.02. The number of anilines is 1. The number of nitrogens with zero attached hydrogens (tertiary/aromatic N) is 2. The van der Waals surface area contributed by atoms with Gasteiger partial charge in [-0.05, 0) is 30.2 Å². The van der Waals surface area contributed by atoms with Crippen molar-refractivity contribution in [2.75, 3.05) is 5.73 Å². The third-order valence-electron chi connectivity index (χ3n) is 3.57. The van der Waals surface area contributed by atoms with Crippen molar-refractivity contribution >= 4 is 5.82 Å². The summed E-state index contributed by atoms with van der Waals surface area (Å²) in [5.41, 5.74) is 9.06. The minimum absolute atomic E-state index is 0.166. The van der Waals surface area contributed by atoms with Gasteiger partial charge in [0.25, 0.3) is 0 Å². The molecule has 0 aliphatic carbocycles. The number of aryl methyl sites for hydroxylation is 1. The molecule has 0 radical (unpaired) electrons. The maximum Gasteiger partial charge on any atom is 0.125 e. The quantitative estimate of drug-likeness (QED) is 0.798. The first kappa shape index (κ1) is 13.4. The van der Waals surface area contributed by atoms with Gasteiger partial charge in [0.15, 0.2) is 0 Å². The zero-order chi connectivity index (χ0) is 14.8. The Labute approximate surface area is 122 Å². The molecule has 0 amide bonds. The van der Waals surface area contributed by atoms with E-state index in [1.54, 1.807) is 23.0 Å². The van der Waals surface area contributed by atoms with E-state index >= 15 is 0 Å². The van der Waals surface area contributed by atoms with Gasteiger partial charge in [0, 0.05) is 5.56 Å². The molecule has 1 atom stereocenters. The monoisotopic (exact) mass is 281 g/mol. The topological polar surface area (TPSA) is 43.8 Å². The van der Waals surface area contributed by atoms with Crippen molar-refractivity contribution in [3.63, 3.8) is 0 Å². The number of hydrogen-bond donors (Lipinski definition) is 1. The van der Waals surface area contributed by atoms with Gasteiger partial charge in [0.1, 0.15) is 17.7 Å². The molecule has 0 saturated heterocycles. The molecule has 0 spiro atoms. The number of halogens is 1. The average molecular weight is 281 g/mol. The molecule has 4 heteroatoms. The fourth-order valence-corrected chi connectivity index (χ4v) is 2.42. The Morgan fingerprint density at radius 2 is 1.62 bits per heavy atom. The summed E-state index contributed by atoms with van der Waals surface area (Å²) in [5.74, 6) is 0.364. The Bertz CT molecular complexity index is 732. The van der Waals surface area contributed by atoms with Gasteiger partial charge in [0.2, 0.25) is 0 Å². The molecule has 0 saturated carbocycles. The molecule has 1 heterocycles. The summed E-state index contributed by atoms with van der Waals surface area (Å²) in [6, 6.07) is 16.2. The van der Waals surface area contributed by atoms with Crippen LogP contribution in [0.1, 0.15) is 22.7 Å². The maximum absolute atomic E-state index is 13.2. The molecule has 106 valence electrons. The minimum atomic E-state index is -0.254. The lowest BCUT2D eigenvalue weighted by Crippen LogP contribution is -2.16. The van der Waals surface area contributed by atoms with Gasteiger partial charge in [-0.15, -0.1) is 0 Å². The van der Waals surface area contributed by atoms with Gasteiger partial charge in [-0.25, -0.2) is 9.07 Å². The van der Waals surface area contributed by atoms with Crippen LogP contribution in [0.2, 0.25) is 0 Å². The van der Waals surface area contributed by atoms with E-state index < -0.39 is 0 Å². The van der Waals surface area contributed by atoms with E-state index in [-0.39, 0.29) is 11.9 Å². The van der Waals surface area contributed by atoms with Crippen molar-refractivity contribution in [2.24, 2.45) is 0 Å². The highest BCUT2D eigenvalue weighted by Crippen LogP contribution is 2.29. The first-order valence-corrected chi connectivity index (χ1v) is 6.77. The lowest BCUT2D eigenvalue weighted by atomic mass is 9.99. The molecular weight excluding hydrogens is 265 g/mol. The summed E-state index contributed by atoms with van der Waals surface area (Å²) >= 11 is 0. The first-order chi connectivity index (χ1) is 10.2. The van der Waals surface area contributed by atoms with E-state index in [1.807, 2.05) is 37.3 Å². The lowest BCUT2D eigenvalue weighted by molar-refractivity contribution is 0.597. The number of nitrogens with two attached hydrogens (primary N) is 1. The summed E-state index contributed by atoms with van der Waals surface area (Å²) < 4.78 is 15.0. The molecule has 1 unspecified atom stereocenters. The molecule has 0 bridgehead atoms. The molecule has 0 aliphatic rings. The van der Waals surface area contributed by atoms with Gasteiger partial charge >= 0.3 is 0 Å². The molecule has 3 rings (SSSR count). The highest BCUT2D eigenvalue weighted by molar-refractivity contribution is 5.42. The summed E-state index contributed by atoms with van der Waals surface area (Å²) in [6.07, 6.45) is 1.74. The zero-order valence-corrected chi connectivity index (χ0v) is 11.7. The number of benzene rings is 2. The predicted octanol–water partition coefficient (Wildman–Crippen LogP) is 3.55. The summed E-state index contributed by atoms with van der Waals surface area (Å²) in [6.45, 7) is 1.92. The normalized spacial score (nSPS) is 12.3. The molecule has 0 fully saturated rings. The van der Waals surface area contributed by atoms with Crippen LogP contribution in [-0.4, -0.2) is 9.78 Å².